The number of hydrogen-bond acceptors (Lipinski definition) is 2. The van der Waals surface area contributed by atoms with Crippen molar-refractivity contribution in [2.45, 2.75) is 6.92 Å². The molecule has 0 atom stereocenters. The van der Waals surface area contributed by atoms with E-state index in [1.807, 2.05) is 13.0 Å². The van der Waals surface area contributed by atoms with Gasteiger partial charge in [-0.05, 0) is 42.8 Å². The van der Waals surface area contributed by atoms with Gasteiger partial charge in [0, 0.05) is 16.8 Å². The molecule has 0 radical (unpaired) electrons. The highest BCUT2D eigenvalue weighted by Crippen LogP contribution is 2.12. The standard InChI is InChI=1S/C13H10ClNO/c1-9-2-7-12(15-8-9)13(16)10-3-5-11(14)6-4-10/h2-8H,1H3. The molecule has 0 spiro atoms. The topological polar surface area (TPSA) is 30.0 Å². The fourth-order valence-corrected chi connectivity index (χ4v) is 1.48. The third kappa shape index (κ3) is 2.28. The minimum Gasteiger partial charge on any atom is -0.287 e. The lowest BCUT2D eigenvalue weighted by molar-refractivity contribution is 0.103. The predicted octanol–water partition coefficient (Wildman–Crippen LogP) is 3.27. The summed E-state index contributed by atoms with van der Waals surface area (Å²) in [5.41, 5.74) is 2.08. The first kappa shape index (κ1) is 10.8. The number of rotatable bonds is 2. The van der Waals surface area contributed by atoms with Gasteiger partial charge in [0.25, 0.3) is 0 Å². The molecular weight excluding hydrogens is 222 g/mol. The van der Waals surface area contributed by atoms with E-state index in [-0.39, 0.29) is 5.78 Å². The Balaban J connectivity index is 2.32. The Labute approximate surface area is 98.9 Å². The van der Waals surface area contributed by atoms with Crippen LogP contribution in [-0.2, 0) is 0 Å². The van der Waals surface area contributed by atoms with E-state index < -0.39 is 0 Å². The number of benzene rings is 1. The van der Waals surface area contributed by atoms with Crippen molar-refractivity contribution in [2.75, 3.05) is 0 Å². The van der Waals surface area contributed by atoms with E-state index >= 15 is 0 Å². The number of hydrogen-bond donors (Lipinski definition) is 0. The third-order valence-electron chi connectivity index (χ3n) is 2.25. The molecule has 0 aliphatic rings. The number of pyridine rings is 1. The van der Waals surface area contributed by atoms with Gasteiger partial charge in [0.1, 0.15) is 5.69 Å². The zero-order chi connectivity index (χ0) is 11.5. The number of nitrogens with zero attached hydrogens (tertiary/aromatic N) is 1. The minimum atomic E-state index is -0.0864. The second kappa shape index (κ2) is 4.45. The lowest BCUT2D eigenvalue weighted by Crippen LogP contribution is -2.03. The van der Waals surface area contributed by atoms with Crippen molar-refractivity contribution in [3.05, 3.63) is 64.4 Å². The van der Waals surface area contributed by atoms with Crippen LogP contribution in [-0.4, -0.2) is 10.8 Å². The Morgan fingerprint density at radius 3 is 2.38 bits per heavy atom. The maximum Gasteiger partial charge on any atom is 0.211 e. The van der Waals surface area contributed by atoms with Crippen LogP contribution >= 0.6 is 11.6 Å². The molecule has 0 N–H and O–H groups in total. The normalized spacial score (nSPS) is 10.1. The second-order valence-corrected chi connectivity index (χ2v) is 3.99. The van der Waals surface area contributed by atoms with Crippen LogP contribution in [0.4, 0.5) is 0 Å². The molecule has 2 aromatic rings. The number of aromatic nitrogens is 1. The summed E-state index contributed by atoms with van der Waals surface area (Å²) < 4.78 is 0. The summed E-state index contributed by atoms with van der Waals surface area (Å²) in [5.74, 6) is -0.0864. The van der Waals surface area contributed by atoms with E-state index in [4.69, 9.17) is 11.6 Å². The Morgan fingerprint density at radius 2 is 1.81 bits per heavy atom. The molecule has 0 aliphatic carbocycles. The molecule has 1 aromatic heterocycles. The van der Waals surface area contributed by atoms with Crippen LogP contribution in [0.3, 0.4) is 0 Å². The SMILES string of the molecule is Cc1ccc(C(=O)c2ccc(Cl)cc2)nc1. The van der Waals surface area contributed by atoms with Gasteiger partial charge < -0.3 is 0 Å². The second-order valence-electron chi connectivity index (χ2n) is 3.56. The van der Waals surface area contributed by atoms with Gasteiger partial charge in [-0.2, -0.15) is 0 Å². The van der Waals surface area contributed by atoms with Crippen molar-refractivity contribution >= 4 is 17.4 Å². The Hall–Kier alpha value is -1.67. The van der Waals surface area contributed by atoms with Crippen molar-refractivity contribution in [3.8, 4) is 0 Å². The monoisotopic (exact) mass is 231 g/mol. The van der Waals surface area contributed by atoms with Crippen molar-refractivity contribution < 1.29 is 4.79 Å². The molecule has 16 heavy (non-hydrogen) atoms. The average Bonchev–Trinajstić information content (AvgIpc) is 2.30. The van der Waals surface area contributed by atoms with Gasteiger partial charge >= 0.3 is 0 Å². The molecular formula is C13H10ClNO. The molecule has 0 saturated carbocycles. The van der Waals surface area contributed by atoms with Crippen molar-refractivity contribution in [2.24, 2.45) is 0 Å². The molecule has 0 aliphatic heterocycles. The first-order valence-electron chi connectivity index (χ1n) is 4.90. The molecule has 2 rings (SSSR count). The summed E-state index contributed by atoms with van der Waals surface area (Å²) in [6.07, 6.45) is 1.68. The van der Waals surface area contributed by atoms with E-state index in [2.05, 4.69) is 4.98 Å². The van der Waals surface area contributed by atoms with Crippen molar-refractivity contribution in [3.63, 3.8) is 0 Å². The summed E-state index contributed by atoms with van der Waals surface area (Å²) in [5, 5.41) is 0.619. The smallest absolute Gasteiger partial charge is 0.211 e. The van der Waals surface area contributed by atoms with Crippen molar-refractivity contribution in [1.82, 2.24) is 4.98 Å². The highest BCUT2D eigenvalue weighted by molar-refractivity contribution is 6.30. The number of halogens is 1. The summed E-state index contributed by atoms with van der Waals surface area (Å²) in [4.78, 5) is 16.1. The molecule has 80 valence electrons. The predicted molar refractivity (Wildman–Crippen MR) is 63.9 cm³/mol. The van der Waals surface area contributed by atoms with E-state index in [1.165, 1.54) is 0 Å². The van der Waals surface area contributed by atoms with Gasteiger partial charge in [-0.15, -0.1) is 0 Å². The molecule has 0 fully saturated rings. The van der Waals surface area contributed by atoms with Crippen LogP contribution in [0.25, 0.3) is 0 Å². The molecule has 0 unspecified atom stereocenters. The summed E-state index contributed by atoms with van der Waals surface area (Å²) in [6, 6.07) is 10.4. The maximum absolute atomic E-state index is 12.0. The molecule has 3 heteroatoms. The van der Waals surface area contributed by atoms with Crippen molar-refractivity contribution in [1.29, 1.82) is 0 Å². The van der Waals surface area contributed by atoms with Gasteiger partial charge in [-0.1, -0.05) is 17.7 Å². The third-order valence-corrected chi connectivity index (χ3v) is 2.50. The molecule has 0 saturated heterocycles. The van der Waals surface area contributed by atoms with E-state index in [0.717, 1.165) is 5.56 Å². The summed E-state index contributed by atoms with van der Waals surface area (Å²) >= 11 is 5.76. The molecule has 0 amide bonds. The molecule has 2 nitrogen and oxygen atoms in total. The summed E-state index contributed by atoms with van der Waals surface area (Å²) in [6.45, 7) is 1.93. The lowest BCUT2D eigenvalue weighted by Gasteiger charge is -2.00. The molecule has 1 aromatic carbocycles. The molecule has 0 bridgehead atoms. The Kier molecular flexibility index (Phi) is 3.02. The van der Waals surface area contributed by atoms with E-state index in [0.29, 0.717) is 16.3 Å². The minimum absolute atomic E-state index is 0.0864. The zero-order valence-electron chi connectivity index (χ0n) is 8.77. The highest BCUT2D eigenvalue weighted by atomic mass is 35.5. The first-order chi connectivity index (χ1) is 7.66. The van der Waals surface area contributed by atoms with Gasteiger partial charge in [0.2, 0.25) is 5.78 Å². The zero-order valence-corrected chi connectivity index (χ0v) is 9.53. The van der Waals surface area contributed by atoms with E-state index in [1.54, 1.807) is 36.5 Å². The highest BCUT2D eigenvalue weighted by Gasteiger charge is 2.09. The van der Waals surface area contributed by atoms with Crippen LogP contribution in [0.2, 0.25) is 5.02 Å². The van der Waals surface area contributed by atoms with Crippen LogP contribution in [0.15, 0.2) is 42.6 Å². The lowest BCUT2D eigenvalue weighted by atomic mass is 10.1. The van der Waals surface area contributed by atoms with Crippen LogP contribution in [0, 0.1) is 6.92 Å². The Morgan fingerprint density at radius 1 is 1.12 bits per heavy atom. The van der Waals surface area contributed by atoms with Gasteiger partial charge in [-0.25, -0.2) is 0 Å². The molecule has 1 heterocycles. The maximum atomic E-state index is 12.0. The van der Waals surface area contributed by atoms with E-state index in [9.17, 15) is 4.79 Å². The number of carbonyl (C=O) groups excluding carboxylic acids is 1. The fourth-order valence-electron chi connectivity index (χ4n) is 1.35. The number of aryl methyl sites for hydroxylation is 1. The van der Waals surface area contributed by atoms with Crippen LogP contribution in [0.1, 0.15) is 21.6 Å². The fraction of sp³-hybridized carbons (Fsp3) is 0.0769. The number of carbonyl (C=O) groups is 1. The van der Waals surface area contributed by atoms with Crippen LogP contribution in [0.5, 0.6) is 0 Å². The quantitative estimate of drug-likeness (QED) is 0.743. The largest absolute Gasteiger partial charge is 0.287 e. The van der Waals surface area contributed by atoms with Crippen LogP contribution < -0.4 is 0 Å². The Bertz CT molecular complexity index is 455. The van der Waals surface area contributed by atoms with Gasteiger partial charge in [0.15, 0.2) is 0 Å². The average molecular weight is 232 g/mol. The van der Waals surface area contributed by atoms with Gasteiger partial charge in [0.05, 0.1) is 0 Å². The first-order valence-corrected chi connectivity index (χ1v) is 5.27. The summed E-state index contributed by atoms with van der Waals surface area (Å²) in [7, 11) is 0. The van der Waals surface area contributed by atoms with Gasteiger partial charge in [-0.3, -0.25) is 9.78 Å². The number of ketones is 1.